The molecule has 0 aliphatic rings. The summed E-state index contributed by atoms with van der Waals surface area (Å²) in [6.45, 7) is 0. The van der Waals surface area contributed by atoms with E-state index in [4.69, 9.17) is 5.11 Å². The van der Waals surface area contributed by atoms with Gasteiger partial charge in [-0.2, -0.15) is 5.10 Å². The molecule has 4 nitrogen and oxygen atoms in total. The lowest BCUT2D eigenvalue weighted by molar-refractivity contribution is 0.0702. The quantitative estimate of drug-likeness (QED) is 0.855. The van der Waals surface area contributed by atoms with Gasteiger partial charge in [0.1, 0.15) is 14.3 Å². The first kappa shape index (κ1) is 8.71. The van der Waals surface area contributed by atoms with Gasteiger partial charge in [0.2, 0.25) is 0 Å². The number of thiophene rings is 1. The zero-order valence-electron chi connectivity index (χ0n) is 6.61. The molecule has 0 unspecified atom stereocenters. The smallest absolute Gasteiger partial charge is 0.345 e. The minimum atomic E-state index is -0.895. The van der Waals surface area contributed by atoms with Crippen molar-refractivity contribution >= 4 is 43.5 Å². The third-order valence-corrected chi connectivity index (χ3v) is 3.45. The maximum atomic E-state index is 10.7. The maximum Gasteiger partial charge on any atom is 0.345 e. The number of fused-ring (bicyclic) bond motifs is 1. The highest BCUT2D eigenvalue weighted by Crippen LogP contribution is 2.30. The first-order valence-corrected chi connectivity index (χ1v) is 5.06. The molecule has 0 radical (unpaired) electrons. The molecule has 0 saturated heterocycles. The van der Waals surface area contributed by atoms with Gasteiger partial charge in [-0.3, -0.25) is 4.68 Å². The molecule has 0 aliphatic carbocycles. The van der Waals surface area contributed by atoms with Gasteiger partial charge in [0, 0.05) is 12.4 Å². The predicted octanol–water partition coefficient (Wildman–Crippen LogP) is 2.10. The van der Waals surface area contributed by atoms with E-state index in [0.29, 0.717) is 9.48 Å². The largest absolute Gasteiger partial charge is 0.477 e. The van der Waals surface area contributed by atoms with E-state index >= 15 is 0 Å². The second kappa shape index (κ2) is 2.81. The SMILES string of the molecule is Cn1nc(Br)c2cc(C(=O)O)sc21. The van der Waals surface area contributed by atoms with Crippen LogP contribution in [-0.4, -0.2) is 20.9 Å². The Balaban J connectivity index is 2.76. The van der Waals surface area contributed by atoms with Crippen LogP contribution in [0.2, 0.25) is 0 Å². The summed E-state index contributed by atoms with van der Waals surface area (Å²) >= 11 is 4.49. The molecule has 0 spiro atoms. The Labute approximate surface area is 85.9 Å². The number of hydrogen-bond acceptors (Lipinski definition) is 3. The lowest BCUT2D eigenvalue weighted by Crippen LogP contribution is -1.91. The predicted molar refractivity (Wildman–Crippen MR) is 53.3 cm³/mol. The first-order chi connectivity index (χ1) is 6.09. The van der Waals surface area contributed by atoms with Crippen LogP contribution in [0.1, 0.15) is 9.67 Å². The van der Waals surface area contributed by atoms with Gasteiger partial charge in [-0.25, -0.2) is 4.79 Å². The molecule has 2 rings (SSSR count). The van der Waals surface area contributed by atoms with Gasteiger partial charge in [-0.15, -0.1) is 11.3 Å². The molecule has 0 fully saturated rings. The van der Waals surface area contributed by atoms with Crippen LogP contribution in [-0.2, 0) is 7.05 Å². The van der Waals surface area contributed by atoms with Crippen molar-refractivity contribution in [3.63, 3.8) is 0 Å². The van der Waals surface area contributed by atoms with E-state index in [2.05, 4.69) is 21.0 Å². The maximum absolute atomic E-state index is 10.7. The average molecular weight is 261 g/mol. The second-order valence-electron chi connectivity index (χ2n) is 2.55. The Morgan fingerprint density at radius 2 is 2.46 bits per heavy atom. The topological polar surface area (TPSA) is 55.1 Å². The van der Waals surface area contributed by atoms with E-state index < -0.39 is 5.97 Å². The van der Waals surface area contributed by atoms with Gasteiger partial charge in [0.05, 0.1) is 0 Å². The van der Waals surface area contributed by atoms with Crippen LogP contribution in [0.3, 0.4) is 0 Å². The molecule has 2 aromatic heterocycles. The molecule has 6 heteroatoms. The zero-order chi connectivity index (χ0) is 9.59. The van der Waals surface area contributed by atoms with Crippen LogP contribution in [0.25, 0.3) is 10.2 Å². The van der Waals surface area contributed by atoms with Gasteiger partial charge >= 0.3 is 5.97 Å². The van der Waals surface area contributed by atoms with Crippen LogP contribution >= 0.6 is 27.3 Å². The number of aromatic nitrogens is 2. The van der Waals surface area contributed by atoms with Gasteiger partial charge in [0.15, 0.2) is 0 Å². The van der Waals surface area contributed by atoms with E-state index in [-0.39, 0.29) is 0 Å². The Morgan fingerprint density at radius 1 is 1.77 bits per heavy atom. The highest BCUT2D eigenvalue weighted by molar-refractivity contribution is 9.10. The summed E-state index contributed by atoms with van der Waals surface area (Å²) in [5, 5.41) is 13.7. The van der Waals surface area contributed by atoms with Crippen molar-refractivity contribution in [1.82, 2.24) is 9.78 Å². The number of rotatable bonds is 1. The Kier molecular flexibility index (Phi) is 1.88. The van der Waals surface area contributed by atoms with Crippen molar-refractivity contribution in [1.29, 1.82) is 0 Å². The van der Waals surface area contributed by atoms with E-state index in [1.165, 1.54) is 11.3 Å². The number of aryl methyl sites for hydroxylation is 1. The molecule has 2 heterocycles. The summed E-state index contributed by atoms with van der Waals surface area (Å²) in [5.41, 5.74) is 0. The number of nitrogens with zero attached hydrogens (tertiary/aromatic N) is 2. The fourth-order valence-electron chi connectivity index (χ4n) is 1.11. The summed E-state index contributed by atoms with van der Waals surface area (Å²) in [6, 6.07) is 1.62. The van der Waals surface area contributed by atoms with Crippen molar-refractivity contribution in [2.24, 2.45) is 7.05 Å². The van der Waals surface area contributed by atoms with Crippen molar-refractivity contribution in [2.75, 3.05) is 0 Å². The molecule has 0 saturated carbocycles. The molecule has 0 aromatic carbocycles. The number of hydrogen-bond donors (Lipinski definition) is 1. The number of carboxylic acids is 1. The number of aromatic carboxylic acids is 1. The molecular weight excluding hydrogens is 256 g/mol. The van der Waals surface area contributed by atoms with E-state index in [0.717, 1.165) is 10.2 Å². The molecule has 68 valence electrons. The van der Waals surface area contributed by atoms with Crippen LogP contribution in [0.5, 0.6) is 0 Å². The number of carboxylic acid groups (broad SMARTS) is 1. The fraction of sp³-hybridized carbons (Fsp3) is 0.143. The third kappa shape index (κ3) is 1.26. The van der Waals surface area contributed by atoms with Crippen molar-refractivity contribution in [3.05, 3.63) is 15.5 Å². The highest BCUT2D eigenvalue weighted by Gasteiger charge is 2.14. The summed E-state index contributed by atoms with van der Waals surface area (Å²) in [7, 11) is 1.79. The minimum absolute atomic E-state index is 0.337. The van der Waals surface area contributed by atoms with Crippen LogP contribution < -0.4 is 0 Å². The average Bonchev–Trinajstić information content (AvgIpc) is 2.55. The normalized spacial score (nSPS) is 10.9. The van der Waals surface area contributed by atoms with Crippen molar-refractivity contribution < 1.29 is 9.90 Å². The van der Waals surface area contributed by atoms with Gasteiger partial charge < -0.3 is 5.11 Å². The number of carbonyl (C=O) groups is 1. The molecule has 0 bridgehead atoms. The van der Waals surface area contributed by atoms with Gasteiger partial charge in [0.25, 0.3) is 0 Å². The molecule has 0 aliphatic heterocycles. The molecule has 0 amide bonds. The standard InChI is InChI=1S/C7H5BrN2O2S/c1-10-6-3(5(8)9-10)2-4(13-6)7(11)12/h2H,1H3,(H,11,12). The summed E-state index contributed by atoms with van der Waals surface area (Å²) in [6.07, 6.45) is 0. The zero-order valence-corrected chi connectivity index (χ0v) is 9.02. The molecule has 0 atom stereocenters. The van der Waals surface area contributed by atoms with Gasteiger partial charge in [-0.1, -0.05) is 0 Å². The second-order valence-corrected chi connectivity index (χ2v) is 4.33. The molecule has 13 heavy (non-hydrogen) atoms. The Bertz CT molecular complexity index is 453. The number of halogens is 1. The van der Waals surface area contributed by atoms with E-state index in [9.17, 15) is 4.79 Å². The third-order valence-electron chi connectivity index (χ3n) is 1.68. The lowest BCUT2D eigenvalue weighted by atomic mass is 10.4. The van der Waals surface area contributed by atoms with Crippen molar-refractivity contribution in [3.8, 4) is 0 Å². The highest BCUT2D eigenvalue weighted by atomic mass is 79.9. The summed E-state index contributed by atoms with van der Waals surface area (Å²) in [4.78, 5) is 11.9. The molecular formula is C7H5BrN2O2S. The fourth-order valence-corrected chi connectivity index (χ4v) is 2.69. The summed E-state index contributed by atoms with van der Waals surface area (Å²) < 4.78 is 2.35. The Hall–Kier alpha value is -0.880. The lowest BCUT2D eigenvalue weighted by Gasteiger charge is -1.86. The monoisotopic (exact) mass is 260 g/mol. The summed E-state index contributed by atoms with van der Waals surface area (Å²) in [5.74, 6) is -0.895. The van der Waals surface area contributed by atoms with Gasteiger partial charge in [-0.05, 0) is 22.0 Å². The van der Waals surface area contributed by atoms with Crippen LogP contribution in [0, 0.1) is 0 Å². The van der Waals surface area contributed by atoms with Crippen LogP contribution in [0.4, 0.5) is 0 Å². The van der Waals surface area contributed by atoms with E-state index in [1.807, 2.05) is 0 Å². The van der Waals surface area contributed by atoms with Crippen molar-refractivity contribution in [2.45, 2.75) is 0 Å². The molecule has 2 aromatic rings. The minimum Gasteiger partial charge on any atom is -0.477 e. The first-order valence-electron chi connectivity index (χ1n) is 3.45. The Morgan fingerprint density at radius 3 is 3.00 bits per heavy atom. The molecule has 1 N–H and O–H groups in total. The van der Waals surface area contributed by atoms with E-state index in [1.54, 1.807) is 17.8 Å². The van der Waals surface area contributed by atoms with Crippen LogP contribution in [0.15, 0.2) is 10.7 Å².